The third-order valence-corrected chi connectivity index (χ3v) is 2.91. The standard InChI is InChI=1S/C13H19N2O/c1-4-14-10-15(7-8-16-3)12-6-5-11(2)9-13(12)14/h5-6,9-10H,4,7-8H2,1-3H3/q+1. The number of hydrogen-bond donors (Lipinski definition) is 0. The minimum absolute atomic E-state index is 0.751. The van der Waals surface area contributed by atoms with E-state index in [1.54, 1.807) is 7.11 Å². The molecule has 0 atom stereocenters. The largest absolute Gasteiger partial charge is 0.381 e. The van der Waals surface area contributed by atoms with Crippen LogP contribution in [-0.4, -0.2) is 18.3 Å². The second-order valence-electron chi connectivity index (χ2n) is 4.08. The molecule has 0 bridgehead atoms. The average Bonchev–Trinajstić information content (AvgIpc) is 2.63. The zero-order valence-corrected chi connectivity index (χ0v) is 10.2. The van der Waals surface area contributed by atoms with Gasteiger partial charge in [0.1, 0.15) is 6.54 Å². The van der Waals surface area contributed by atoms with Crippen molar-refractivity contribution in [2.24, 2.45) is 0 Å². The van der Waals surface area contributed by atoms with Gasteiger partial charge in [-0.15, -0.1) is 0 Å². The number of aryl methyl sites for hydroxylation is 2. The van der Waals surface area contributed by atoms with Crippen molar-refractivity contribution in [3.63, 3.8) is 0 Å². The van der Waals surface area contributed by atoms with Gasteiger partial charge < -0.3 is 4.74 Å². The molecule has 0 radical (unpaired) electrons. The highest BCUT2D eigenvalue weighted by Gasteiger charge is 2.13. The molecular weight excluding hydrogens is 200 g/mol. The molecule has 0 N–H and O–H groups in total. The van der Waals surface area contributed by atoms with Gasteiger partial charge in [0.25, 0.3) is 0 Å². The second-order valence-corrected chi connectivity index (χ2v) is 4.08. The zero-order valence-electron chi connectivity index (χ0n) is 10.2. The normalized spacial score (nSPS) is 11.2. The summed E-state index contributed by atoms with van der Waals surface area (Å²) in [5.74, 6) is 0. The molecule has 3 nitrogen and oxygen atoms in total. The highest BCUT2D eigenvalue weighted by atomic mass is 16.5. The molecular formula is C13H19N2O+. The summed E-state index contributed by atoms with van der Waals surface area (Å²) in [5.41, 5.74) is 3.89. The van der Waals surface area contributed by atoms with Gasteiger partial charge in [-0.3, -0.25) is 0 Å². The zero-order chi connectivity index (χ0) is 11.5. The third-order valence-electron chi connectivity index (χ3n) is 2.91. The number of methoxy groups -OCH3 is 1. The van der Waals surface area contributed by atoms with Gasteiger partial charge in [-0.2, -0.15) is 0 Å². The van der Waals surface area contributed by atoms with E-state index >= 15 is 0 Å². The van der Waals surface area contributed by atoms with Crippen LogP contribution in [0, 0.1) is 6.92 Å². The van der Waals surface area contributed by atoms with Crippen LogP contribution in [0.5, 0.6) is 0 Å². The van der Waals surface area contributed by atoms with Gasteiger partial charge in [-0.05, 0) is 31.5 Å². The number of rotatable bonds is 4. The van der Waals surface area contributed by atoms with E-state index in [1.165, 1.54) is 16.6 Å². The fraction of sp³-hybridized carbons (Fsp3) is 0.462. The van der Waals surface area contributed by atoms with Crippen molar-refractivity contribution < 1.29 is 9.30 Å². The van der Waals surface area contributed by atoms with Gasteiger partial charge in [-0.25, -0.2) is 9.13 Å². The molecule has 86 valence electrons. The first-order valence-corrected chi connectivity index (χ1v) is 5.74. The summed E-state index contributed by atoms with van der Waals surface area (Å²) in [7, 11) is 1.74. The minimum Gasteiger partial charge on any atom is -0.381 e. The fourth-order valence-corrected chi connectivity index (χ4v) is 2.02. The summed E-state index contributed by atoms with van der Waals surface area (Å²) < 4.78 is 9.66. The van der Waals surface area contributed by atoms with Crippen molar-refractivity contribution in [1.82, 2.24) is 4.57 Å². The van der Waals surface area contributed by atoms with E-state index < -0.39 is 0 Å². The fourth-order valence-electron chi connectivity index (χ4n) is 2.02. The SMILES string of the molecule is CCn1c[n+](CCOC)c2ccc(C)cc21. The summed E-state index contributed by atoms with van der Waals surface area (Å²) in [4.78, 5) is 0. The predicted molar refractivity (Wildman–Crippen MR) is 64.4 cm³/mol. The summed E-state index contributed by atoms with van der Waals surface area (Å²) in [6.07, 6.45) is 2.17. The number of fused-ring (bicyclic) bond motifs is 1. The Kier molecular flexibility index (Phi) is 3.25. The van der Waals surface area contributed by atoms with E-state index in [0.717, 1.165) is 19.7 Å². The number of nitrogens with zero attached hydrogens (tertiary/aromatic N) is 2. The Bertz CT molecular complexity index is 488. The average molecular weight is 219 g/mol. The van der Waals surface area contributed by atoms with Crippen LogP contribution in [0.2, 0.25) is 0 Å². The lowest BCUT2D eigenvalue weighted by molar-refractivity contribution is -0.673. The number of ether oxygens (including phenoxy) is 1. The summed E-state index contributed by atoms with van der Waals surface area (Å²) in [6, 6.07) is 6.58. The molecule has 0 saturated heterocycles. The molecule has 0 aliphatic heterocycles. The lowest BCUT2D eigenvalue weighted by atomic mass is 10.2. The number of benzene rings is 1. The first-order chi connectivity index (χ1) is 7.76. The molecule has 2 aromatic rings. The lowest BCUT2D eigenvalue weighted by Gasteiger charge is -1.96. The van der Waals surface area contributed by atoms with E-state index in [2.05, 4.69) is 47.5 Å². The Morgan fingerprint density at radius 1 is 1.38 bits per heavy atom. The summed E-state index contributed by atoms with van der Waals surface area (Å²) in [6.45, 7) is 6.96. The first-order valence-electron chi connectivity index (χ1n) is 5.74. The number of imidazole rings is 1. The molecule has 0 aliphatic carbocycles. The van der Waals surface area contributed by atoms with Crippen LogP contribution in [0.25, 0.3) is 11.0 Å². The molecule has 1 heterocycles. The van der Waals surface area contributed by atoms with Crippen molar-refractivity contribution in [2.75, 3.05) is 13.7 Å². The second kappa shape index (κ2) is 4.66. The van der Waals surface area contributed by atoms with E-state index in [1.807, 2.05) is 0 Å². The van der Waals surface area contributed by atoms with Crippen LogP contribution in [0.3, 0.4) is 0 Å². The first kappa shape index (κ1) is 11.1. The maximum Gasteiger partial charge on any atom is 0.244 e. The Balaban J connectivity index is 2.50. The van der Waals surface area contributed by atoms with E-state index in [-0.39, 0.29) is 0 Å². The van der Waals surface area contributed by atoms with Gasteiger partial charge in [0.2, 0.25) is 6.33 Å². The van der Waals surface area contributed by atoms with Crippen molar-refractivity contribution in [1.29, 1.82) is 0 Å². The Labute approximate surface area is 96.3 Å². The van der Waals surface area contributed by atoms with Crippen LogP contribution >= 0.6 is 0 Å². The highest BCUT2D eigenvalue weighted by Crippen LogP contribution is 2.13. The molecule has 0 aliphatic rings. The van der Waals surface area contributed by atoms with E-state index in [4.69, 9.17) is 4.74 Å². The molecule has 1 aromatic carbocycles. The number of hydrogen-bond acceptors (Lipinski definition) is 1. The molecule has 0 saturated carbocycles. The molecule has 0 spiro atoms. The minimum atomic E-state index is 0.751. The van der Waals surface area contributed by atoms with Crippen molar-refractivity contribution in [3.05, 3.63) is 30.1 Å². The van der Waals surface area contributed by atoms with Gasteiger partial charge in [0.15, 0.2) is 11.0 Å². The lowest BCUT2D eigenvalue weighted by Crippen LogP contribution is -2.34. The van der Waals surface area contributed by atoms with Crippen LogP contribution < -0.4 is 4.57 Å². The molecule has 0 unspecified atom stereocenters. The van der Waals surface area contributed by atoms with Crippen LogP contribution in [0.4, 0.5) is 0 Å². The third kappa shape index (κ3) is 1.95. The van der Waals surface area contributed by atoms with Gasteiger partial charge in [-0.1, -0.05) is 6.07 Å². The van der Waals surface area contributed by atoms with Crippen molar-refractivity contribution >= 4 is 11.0 Å². The highest BCUT2D eigenvalue weighted by molar-refractivity contribution is 5.72. The molecule has 0 fully saturated rings. The molecule has 2 rings (SSSR count). The maximum atomic E-state index is 5.13. The van der Waals surface area contributed by atoms with Gasteiger partial charge >= 0.3 is 0 Å². The molecule has 0 amide bonds. The number of aromatic nitrogens is 2. The molecule has 1 aromatic heterocycles. The van der Waals surface area contributed by atoms with E-state index in [0.29, 0.717) is 0 Å². The molecule has 16 heavy (non-hydrogen) atoms. The Morgan fingerprint density at radius 2 is 2.19 bits per heavy atom. The monoisotopic (exact) mass is 219 g/mol. The quantitative estimate of drug-likeness (QED) is 0.718. The van der Waals surface area contributed by atoms with Crippen molar-refractivity contribution in [3.8, 4) is 0 Å². The molecule has 3 heteroatoms. The van der Waals surface area contributed by atoms with Crippen LogP contribution in [-0.2, 0) is 17.8 Å². The van der Waals surface area contributed by atoms with Crippen molar-refractivity contribution in [2.45, 2.75) is 26.9 Å². The van der Waals surface area contributed by atoms with E-state index in [9.17, 15) is 0 Å². The van der Waals surface area contributed by atoms with Crippen LogP contribution in [0.1, 0.15) is 12.5 Å². The predicted octanol–water partition coefficient (Wildman–Crippen LogP) is 1.90. The van der Waals surface area contributed by atoms with Crippen LogP contribution in [0.15, 0.2) is 24.5 Å². The summed E-state index contributed by atoms with van der Waals surface area (Å²) >= 11 is 0. The van der Waals surface area contributed by atoms with Gasteiger partial charge in [0, 0.05) is 7.11 Å². The Morgan fingerprint density at radius 3 is 2.88 bits per heavy atom. The smallest absolute Gasteiger partial charge is 0.244 e. The topological polar surface area (TPSA) is 18.0 Å². The van der Waals surface area contributed by atoms with Gasteiger partial charge in [0.05, 0.1) is 13.2 Å². The summed E-state index contributed by atoms with van der Waals surface area (Å²) in [5, 5.41) is 0. The Hall–Kier alpha value is -1.35. The maximum absolute atomic E-state index is 5.13.